The van der Waals surface area contributed by atoms with E-state index < -0.39 is 16.1 Å². The minimum atomic E-state index is -3.73. The van der Waals surface area contributed by atoms with Crippen LogP contribution < -0.4 is 15.8 Å². The van der Waals surface area contributed by atoms with E-state index in [4.69, 9.17) is 5.14 Å². The number of hydrogen-bond acceptors (Lipinski definition) is 7. The lowest BCUT2D eigenvalue weighted by Gasteiger charge is -2.13. The molecule has 0 fully saturated rings. The Bertz CT molecular complexity index is 995. The number of nitrogens with one attached hydrogen (secondary N) is 2. The highest BCUT2D eigenvalue weighted by Gasteiger charge is 2.09. The number of rotatable bonds is 7. The van der Waals surface area contributed by atoms with E-state index in [0.717, 1.165) is 5.56 Å². The van der Waals surface area contributed by atoms with Crippen LogP contribution in [0.25, 0.3) is 0 Å². The predicted octanol–water partition coefficient (Wildman–Crippen LogP) is 2.01. The minimum Gasteiger partial charge on any atom is -0.387 e. The largest absolute Gasteiger partial charge is 0.387 e. The van der Waals surface area contributed by atoms with Gasteiger partial charge in [0.1, 0.15) is 5.82 Å². The molecule has 0 saturated carbocycles. The summed E-state index contributed by atoms with van der Waals surface area (Å²) in [6.07, 6.45) is 0.911. The third kappa shape index (κ3) is 5.23. The van der Waals surface area contributed by atoms with E-state index >= 15 is 0 Å². The maximum Gasteiger partial charge on any atom is 0.238 e. The van der Waals surface area contributed by atoms with Crippen LogP contribution in [-0.4, -0.2) is 30.0 Å². The number of aliphatic hydroxyl groups is 1. The maximum absolute atomic E-state index is 11.3. The summed E-state index contributed by atoms with van der Waals surface area (Å²) >= 11 is 0. The molecular formula is C18H19N5O3S. The monoisotopic (exact) mass is 385 g/mol. The Morgan fingerprint density at radius 3 is 2.41 bits per heavy atom. The van der Waals surface area contributed by atoms with Gasteiger partial charge >= 0.3 is 0 Å². The highest BCUT2D eigenvalue weighted by atomic mass is 32.2. The fourth-order valence-corrected chi connectivity index (χ4v) is 2.88. The van der Waals surface area contributed by atoms with E-state index in [1.807, 2.05) is 30.3 Å². The molecule has 0 aliphatic rings. The van der Waals surface area contributed by atoms with Crippen molar-refractivity contribution in [2.45, 2.75) is 11.0 Å². The quantitative estimate of drug-likeness (QED) is 0.489. The van der Waals surface area contributed by atoms with Gasteiger partial charge in [-0.2, -0.15) is 4.98 Å². The van der Waals surface area contributed by atoms with Gasteiger partial charge in [-0.15, -0.1) is 0 Å². The second-order valence-electron chi connectivity index (χ2n) is 5.77. The second-order valence-corrected chi connectivity index (χ2v) is 7.33. The van der Waals surface area contributed by atoms with Crippen molar-refractivity contribution in [3.8, 4) is 0 Å². The number of nitrogens with two attached hydrogens (primary N) is 1. The Morgan fingerprint density at radius 1 is 1.04 bits per heavy atom. The summed E-state index contributed by atoms with van der Waals surface area (Å²) in [4.78, 5) is 8.47. The summed E-state index contributed by atoms with van der Waals surface area (Å²) in [5.74, 6) is 0.876. The highest BCUT2D eigenvalue weighted by Crippen LogP contribution is 2.18. The zero-order valence-corrected chi connectivity index (χ0v) is 15.1. The molecule has 3 rings (SSSR count). The first-order chi connectivity index (χ1) is 12.9. The van der Waals surface area contributed by atoms with Crippen molar-refractivity contribution in [2.24, 2.45) is 5.14 Å². The number of nitrogens with zero attached hydrogens (tertiary/aromatic N) is 2. The number of aromatic nitrogens is 2. The predicted molar refractivity (Wildman–Crippen MR) is 103 cm³/mol. The number of hydrogen-bond donors (Lipinski definition) is 4. The SMILES string of the molecule is NS(=O)(=O)c1ccc(Nc2nccc(NC[C@@H](O)c3ccccc3)n2)cc1. The van der Waals surface area contributed by atoms with Gasteiger partial charge in [-0.25, -0.2) is 18.5 Å². The fourth-order valence-electron chi connectivity index (χ4n) is 2.37. The molecule has 27 heavy (non-hydrogen) atoms. The van der Waals surface area contributed by atoms with Crippen LogP contribution in [0.3, 0.4) is 0 Å². The Morgan fingerprint density at radius 2 is 1.74 bits per heavy atom. The van der Waals surface area contributed by atoms with E-state index in [2.05, 4.69) is 20.6 Å². The average Bonchev–Trinajstić information content (AvgIpc) is 2.67. The fraction of sp³-hybridized carbons (Fsp3) is 0.111. The standard InChI is InChI=1S/C18H19N5O3S/c19-27(25,26)15-8-6-14(7-9-15)22-18-20-11-10-17(23-18)21-12-16(24)13-4-2-1-3-5-13/h1-11,16,24H,12H2,(H2,19,25,26)(H2,20,21,22,23)/t16-/m1/s1. The smallest absolute Gasteiger partial charge is 0.238 e. The zero-order chi connectivity index (χ0) is 19.3. The van der Waals surface area contributed by atoms with Crippen molar-refractivity contribution in [2.75, 3.05) is 17.2 Å². The van der Waals surface area contributed by atoms with Gasteiger partial charge in [0.25, 0.3) is 0 Å². The van der Waals surface area contributed by atoms with Crippen molar-refractivity contribution in [1.29, 1.82) is 0 Å². The van der Waals surface area contributed by atoms with Crippen LogP contribution in [0.2, 0.25) is 0 Å². The maximum atomic E-state index is 11.3. The lowest BCUT2D eigenvalue weighted by Crippen LogP contribution is -2.13. The average molecular weight is 385 g/mol. The van der Waals surface area contributed by atoms with Gasteiger partial charge in [0.05, 0.1) is 11.0 Å². The Balaban J connectivity index is 1.63. The van der Waals surface area contributed by atoms with Crippen LogP contribution >= 0.6 is 0 Å². The molecule has 5 N–H and O–H groups in total. The summed E-state index contributed by atoms with van der Waals surface area (Å²) < 4.78 is 22.6. The normalized spacial score (nSPS) is 12.4. The van der Waals surface area contributed by atoms with Gasteiger partial charge < -0.3 is 15.7 Å². The van der Waals surface area contributed by atoms with E-state index in [1.165, 1.54) is 12.1 Å². The first-order valence-electron chi connectivity index (χ1n) is 8.11. The molecule has 1 aromatic heterocycles. The van der Waals surface area contributed by atoms with E-state index in [1.54, 1.807) is 24.4 Å². The molecule has 1 heterocycles. The summed E-state index contributed by atoms with van der Waals surface area (Å²) in [5, 5.41) is 21.3. The molecule has 0 amide bonds. The number of sulfonamides is 1. The lowest BCUT2D eigenvalue weighted by molar-refractivity contribution is 0.191. The van der Waals surface area contributed by atoms with Crippen LogP contribution in [0.1, 0.15) is 11.7 Å². The first kappa shape index (κ1) is 18.8. The molecule has 3 aromatic rings. The topological polar surface area (TPSA) is 130 Å². The molecule has 0 spiro atoms. The molecule has 8 nitrogen and oxygen atoms in total. The van der Waals surface area contributed by atoms with Crippen molar-refractivity contribution in [3.05, 3.63) is 72.4 Å². The van der Waals surface area contributed by atoms with E-state index in [-0.39, 0.29) is 4.90 Å². The first-order valence-corrected chi connectivity index (χ1v) is 9.66. The number of anilines is 3. The molecule has 9 heteroatoms. The number of aliphatic hydroxyl groups excluding tert-OH is 1. The van der Waals surface area contributed by atoms with Crippen molar-refractivity contribution in [1.82, 2.24) is 9.97 Å². The summed E-state index contributed by atoms with van der Waals surface area (Å²) in [6.45, 7) is 0.295. The van der Waals surface area contributed by atoms with Gasteiger partial charge in [0.15, 0.2) is 0 Å². The van der Waals surface area contributed by atoms with E-state index in [9.17, 15) is 13.5 Å². The van der Waals surface area contributed by atoms with Gasteiger partial charge in [0.2, 0.25) is 16.0 Å². The van der Waals surface area contributed by atoms with Crippen molar-refractivity contribution in [3.63, 3.8) is 0 Å². The highest BCUT2D eigenvalue weighted by molar-refractivity contribution is 7.89. The Kier molecular flexibility index (Phi) is 5.65. The molecule has 0 aliphatic heterocycles. The van der Waals surface area contributed by atoms with Crippen LogP contribution in [0.15, 0.2) is 71.8 Å². The van der Waals surface area contributed by atoms with Crippen molar-refractivity contribution < 1.29 is 13.5 Å². The van der Waals surface area contributed by atoms with Gasteiger partial charge in [0, 0.05) is 18.4 Å². The van der Waals surface area contributed by atoms with Gasteiger partial charge in [-0.1, -0.05) is 30.3 Å². The zero-order valence-electron chi connectivity index (χ0n) is 14.3. The van der Waals surface area contributed by atoms with E-state index in [0.29, 0.717) is 24.0 Å². The Labute approximate surface area is 157 Å². The molecule has 0 aliphatic carbocycles. The van der Waals surface area contributed by atoms with Crippen molar-refractivity contribution >= 4 is 27.5 Å². The molecule has 0 unspecified atom stereocenters. The van der Waals surface area contributed by atoms with Crippen LogP contribution in [0, 0.1) is 0 Å². The minimum absolute atomic E-state index is 0.0271. The third-order valence-corrected chi connectivity index (χ3v) is 4.68. The summed E-state index contributed by atoms with van der Waals surface area (Å²) in [6, 6.07) is 17.0. The van der Waals surface area contributed by atoms with Crippen LogP contribution in [-0.2, 0) is 10.0 Å². The summed E-state index contributed by atoms with van der Waals surface area (Å²) in [5.41, 5.74) is 1.43. The Hall–Kier alpha value is -3.01. The lowest BCUT2D eigenvalue weighted by atomic mass is 10.1. The molecule has 140 valence electrons. The van der Waals surface area contributed by atoms with Crippen LogP contribution in [0.4, 0.5) is 17.5 Å². The summed E-state index contributed by atoms with van der Waals surface area (Å²) in [7, 11) is -3.73. The van der Waals surface area contributed by atoms with Gasteiger partial charge in [-0.3, -0.25) is 0 Å². The molecule has 0 radical (unpaired) electrons. The second kappa shape index (κ2) is 8.12. The number of benzene rings is 2. The molecule has 0 bridgehead atoms. The molecular weight excluding hydrogens is 366 g/mol. The van der Waals surface area contributed by atoms with Gasteiger partial charge in [-0.05, 0) is 35.9 Å². The number of primary sulfonamides is 1. The van der Waals surface area contributed by atoms with Crippen LogP contribution in [0.5, 0.6) is 0 Å². The molecule has 0 saturated heterocycles. The third-order valence-electron chi connectivity index (χ3n) is 3.76. The molecule has 2 aromatic carbocycles. The molecule has 1 atom stereocenters.